The smallest absolute Gasteiger partial charge is 0.254 e. The van der Waals surface area contributed by atoms with Crippen LogP contribution in [0.3, 0.4) is 0 Å². The van der Waals surface area contributed by atoms with E-state index in [2.05, 4.69) is 21.0 Å². The Balaban J connectivity index is 0.00000149. The van der Waals surface area contributed by atoms with Crippen molar-refractivity contribution in [1.82, 2.24) is 15.3 Å². The molecule has 0 bridgehead atoms. The number of ether oxygens (including phenoxy) is 1. The minimum Gasteiger partial charge on any atom is -0.382 e. The normalized spacial score (nSPS) is 13.7. The molecular formula is C24H27ClFN5O2. The van der Waals surface area contributed by atoms with Crippen LogP contribution in [0.15, 0.2) is 48.7 Å². The maximum Gasteiger partial charge on any atom is 0.254 e. The van der Waals surface area contributed by atoms with Crippen molar-refractivity contribution in [2.45, 2.75) is 25.3 Å². The molecule has 1 fully saturated rings. The van der Waals surface area contributed by atoms with Gasteiger partial charge in [-0.25, -0.2) is 14.4 Å². The molecule has 9 heteroatoms. The molecule has 1 amide bonds. The highest BCUT2D eigenvalue weighted by atomic mass is 35.5. The summed E-state index contributed by atoms with van der Waals surface area (Å²) in [6.07, 6.45) is 3.39. The fourth-order valence-electron chi connectivity index (χ4n) is 3.59. The largest absolute Gasteiger partial charge is 0.382 e. The van der Waals surface area contributed by atoms with Crippen molar-refractivity contribution in [3.8, 4) is 11.3 Å². The Kier molecular flexibility index (Phi) is 8.71. The molecule has 0 aliphatic carbocycles. The lowest BCUT2D eigenvalue weighted by molar-refractivity contribution is 0.0844. The first-order chi connectivity index (χ1) is 16.0. The van der Waals surface area contributed by atoms with E-state index in [0.717, 1.165) is 24.1 Å². The number of nitrogens with one attached hydrogen (secondary N) is 1. The van der Waals surface area contributed by atoms with E-state index in [1.807, 2.05) is 6.07 Å². The van der Waals surface area contributed by atoms with Crippen LogP contribution in [0.2, 0.25) is 5.02 Å². The number of aromatic nitrogens is 2. The summed E-state index contributed by atoms with van der Waals surface area (Å²) in [6, 6.07) is 11.4. The van der Waals surface area contributed by atoms with Gasteiger partial charge in [0.05, 0.1) is 17.5 Å². The van der Waals surface area contributed by atoms with Crippen molar-refractivity contribution in [2.75, 3.05) is 26.0 Å². The summed E-state index contributed by atoms with van der Waals surface area (Å²) in [5.41, 5.74) is 13.0. The van der Waals surface area contributed by atoms with Crippen molar-refractivity contribution in [2.24, 2.45) is 5.73 Å². The maximum absolute atomic E-state index is 14.8. The SMILES string of the molecule is CN.Nc1ncc(C2CCOCC2)nc1-c1ccc(C(=O)NCc2cccc(Cl)c2)c(F)c1. The fourth-order valence-corrected chi connectivity index (χ4v) is 3.80. The molecule has 1 aliphatic heterocycles. The molecular weight excluding hydrogens is 445 g/mol. The number of carbonyl (C=O) groups excluding carboxylic acids is 1. The maximum atomic E-state index is 14.8. The number of anilines is 1. The van der Waals surface area contributed by atoms with Gasteiger partial charge in [-0.2, -0.15) is 0 Å². The Hall–Kier alpha value is -3.07. The number of benzene rings is 2. The minimum atomic E-state index is -0.654. The van der Waals surface area contributed by atoms with Gasteiger partial charge in [-0.3, -0.25) is 4.79 Å². The fraction of sp³-hybridized carbons (Fsp3) is 0.292. The van der Waals surface area contributed by atoms with Gasteiger partial charge >= 0.3 is 0 Å². The molecule has 33 heavy (non-hydrogen) atoms. The summed E-state index contributed by atoms with van der Waals surface area (Å²) in [7, 11) is 1.50. The average Bonchev–Trinajstić information content (AvgIpc) is 2.84. The Morgan fingerprint density at radius 2 is 1.97 bits per heavy atom. The van der Waals surface area contributed by atoms with Gasteiger partial charge in [0, 0.05) is 36.3 Å². The molecule has 0 spiro atoms. The molecule has 1 aliphatic rings. The lowest BCUT2D eigenvalue weighted by Crippen LogP contribution is -2.23. The zero-order valence-corrected chi connectivity index (χ0v) is 19.1. The predicted octanol–water partition coefficient (Wildman–Crippen LogP) is 3.92. The number of rotatable bonds is 5. The number of hydrogen-bond donors (Lipinski definition) is 3. The zero-order valence-electron chi connectivity index (χ0n) is 18.4. The van der Waals surface area contributed by atoms with Crippen molar-refractivity contribution >= 4 is 23.3 Å². The molecule has 0 atom stereocenters. The molecule has 2 aromatic carbocycles. The van der Waals surface area contributed by atoms with E-state index >= 15 is 0 Å². The van der Waals surface area contributed by atoms with Crippen LogP contribution in [0.1, 0.15) is 40.4 Å². The molecule has 1 aromatic heterocycles. The second-order valence-electron chi connectivity index (χ2n) is 7.42. The quantitative estimate of drug-likeness (QED) is 0.519. The second-order valence-corrected chi connectivity index (χ2v) is 7.86. The van der Waals surface area contributed by atoms with Crippen molar-refractivity contribution in [3.63, 3.8) is 0 Å². The van der Waals surface area contributed by atoms with Crippen LogP contribution in [0.5, 0.6) is 0 Å². The molecule has 0 radical (unpaired) electrons. The molecule has 7 nitrogen and oxygen atoms in total. The average molecular weight is 472 g/mol. The molecule has 3 aromatic rings. The first-order valence-corrected chi connectivity index (χ1v) is 11.0. The van der Waals surface area contributed by atoms with Gasteiger partial charge in [-0.1, -0.05) is 29.8 Å². The lowest BCUT2D eigenvalue weighted by atomic mass is 9.96. The van der Waals surface area contributed by atoms with E-state index < -0.39 is 11.7 Å². The molecule has 2 heterocycles. The summed E-state index contributed by atoms with van der Waals surface area (Å²) in [5, 5.41) is 3.28. The van der Waals surface area contributed by atoms with E-state index in [9.17, 15) is 9.18 Å². The molecule has 1 saturated heterocycles. The molecule has 0 unspecified atom stereocenters. The van der Waals surface area contributed by atoms with E-state index in [1.54, 1.807) is 30.5 Å². The Labute approximate surface area is 197 Å². The summed E-state index contributed by atoms with van der Waals surface area (Å²) < 4.78 is 20.2. The van der Waals surface area contributed by atoms with Crippen LogP contribution in [-0.2, 0) is 11.3 Å². The van der Waals surface area contributed by atoms with E-state index in [4.69, 9.17) is 22.1 Å². The third kappa shape index (κ3) is 6.25. The van der Waals surface area contributed by atoms with Crippen LogP contribution in [0, 0.1) is 5.82 Å². The van der Waals surface area contributed by atoms with Gasteiger partial charge in [0.25, 0.3) is 5.91 Å². The van der Waals surface area contributed by atoms with Crippen molar-refractivity contribution in [3.05, 3.63) is 76.3 Å². The first kappa shape index (κ1) is 24.6. The predicted molar refractivity (Wildman–Crippen MR) is 127 cm³/mol. The molecule has 174 valence electrons. The standard InChI is InChI=1S/C23H22ClFN4O2.CH5N/c24-17-3-1-2-14(10-17)12-28-23(30)18-5-4-16(11-19(18)25)21-22(26)27-13-20(29-21)15-6-8-31-9-7-15;1-2/h1-5,10-11,13,15H,6-9,12H2,(H2,26,27)(H,28,30);2H2,1H3. The number of carbonyl (C=O) groups is 1. The monoisotopic (exact) mass is 471 g/mol. The molecule has 0 saturated carbocycles. The highest BCUT2D eigenvalue weighted by Gasteiger charge is 2.20. The summed E-state index contributed by atoms with van der Waals surface area (Å²) in [5.74, 6) is -0.715. The van der Waals surface area contributed by atoms with Crippen molar-refractivity contribution < 1.29 is 13.9 Å². The number of nitrogens with two attached hydrogens (primary N) is 2. The highest BCUT2D eigenvalue weighted by molar-refractivity contribution is 6.30. The number of halogens is 2. The highest BCUT2D eigenvalue weighted by Crippen LogP contribution is 2.30. The van der Waals surface area contributed by atoms with Crippen LogP contribution >= 0.6 is 11.6 Å². The molecule has 5 N–H and O–H groups in total. The Morgan fingerprint density at radius 1 is 1.21 bits per heavy atom. The van der Waals surface area contributed by atoms with Gasteiger partial charge in [0.2, 0.25) is 0 Å². The third-order valence-electron chi connectivity index (χ3n) is 5.29. The number of nitrogen functional groups attached to an aromatic ring is 1. The Morgan fingerprint density at radius 3 is 2.67 bits per heavy atom. The van der Waals surface area contributed by atoms with E-state index in [0.29, 0.717) is 29.5 Å². The van der Waals surface area contributed by atoms with Gasteiger partial charge in [-0.05, 0) is 49.7 Å². The number of nitrogens with zero attached hydrogens (tertiary/aromatic N) is 2. The van der Waals surface area contributed by atoms with Gasteiger partial charge in [-0.15, -0.1) is 0 Å². The van der Waals surface area contributed by atoms with Gasteiger partial charge in [0.1, 0.15) is 17.3 Å². The summed E-state index contributed by atoms with van der Waals surface area (Å²) in [4.78, 5) is 21.3. The van der Waals surface area contributed by atoms with Crippen molar-refractivity contribution in [1.29, 1.82) is 0 Å². The van der Waals surface area contributed by atoms with E-state index in [-0.39, 0.29) is 23.8 Å². The van der Waals surface area contributed by atoms with Crippen LogP contribution in [0.4, 0.5) is 10.2 Å². The molecule has 4 rings (SSSR count). The van der Waals surface area contributed by atoms with Crippen LogP contribution in [-0.4, -0.2) is 36.1 Å². The summed E-state index contributed by atoms with van der Waals surface area (Å²) in [6.45, 7) is 1.60. The van der Waals surface area contributed by atoms with Crippen LogP contribution in [0.25, 0.3) is 11.3 Å². The first-order valence-electron chi connectivity index (χ1n) is 10.6. The number of hydrogen-bond acceptors (Lipinski definition) is 6. The number of amides is 1. The van der Waals surface area contributed by atoms with Gasteiger partial charge in [0.15, 0.2) is 0 Å². The Bertz CT molecular complexity index is 1110. The zero-order chi connectivity index (χ0) is 23.8. The summed E-state index contributed by atoms with van der Waals surface area (Å²) >= 11 is 5.95. The lowest BCUT2D eigenvalue weighted by Gasteiger charge is -2.22. The second kappa shape index (κ2) is 11.7. The van der Waals surface area contributed by atoms with Gasteiger partial charge < -0.3 is 21.5 Å². The third-order valence-corrected chi connectivity index (χ3v) is 5.52. The minimum absolute atomic E-state index is 0.0575. The van der Waals surface area contributed by atoms with E-state index in [1.165, 1.54) is 19.2 Å². The van der Waals surface area contributed by atoms with Crippen LogP contribution < -0.4 is 16.8 Å². The topological polar surface area (TPSA) is 116 Å².